The molecule has 2 rings (SSSR count). The van der Waals surface area contributed by atoms with E-state index in [2.05, 4.69) is 16.9 Å². The van der Waals surface area contributed by atoms with Crippen molar-refractivity contribution >= 4 is 0 Å². The lowest BCUT2D eigenvalue weighted by atomic mass is 9.87. The molecule has 1 aliphatic heterocycles. The van der Waals surface area contributed by atoms with Crippen molar-refractivity contribution in [1.29, 1.82) is 0 Å². The predicted octanol–water partition coefficient (Wildman–Crippen LogP) is 1.15. The van der Waals surface area contributed by atoms with Crippen LogP contribution in [-0.4, -0.2) is 41.4 Å². The number of nitrogens with two attached hydrogens (primary N) is 1. The van der Waals surface area contributed by atoms with Gasteiger partial charge in [-0.1, -0.05) is 6.92 Å². The van der Waals surface area contributed by atoms with E-state index in [1.165, 1.54) is 12.0 Å². The molecule has 0 aromatic carbocycles. The summed E-state index contributed by atoms with van der Waals surface area (Å²) in [4.78, 5) is 2.48. The van der Waals surface area contributed by atoms with Gasteiger partial charge in [0, 0.05) is 20.1 Å². The van der Waals surface area contributed by atoms with Crippen LogP contribution in [0, 0.1) is 18.8 Å². The summed E-state index contributed by atoms with van der Waals surface area (Å²) in [7, 11) is 3.64. The Balaban J connectivity index is 2.09. The van der Waals surface area contributed by atoms with Crippen molar-refractivity contribution < 1.29 is 4.74 Å². The molecule has 5 nitrogen and oxygen atoms in total. The van der Waals surface area contributed by atoms with Crippen molar-refractivity contribution in [3.8, 4) is 5.88 Å². The number of hydrogen-bond donors (Lipinski definition) is 1. The van der Waals surface area contributed by atoms with Gasteiger partial charge in [-0.05, 0) is 38.3 Å². The van der Waals surface area contributed by atoms with E-state index in [-0.39, 0.29) is 0 Å². The zero-order valence-electron chi connectivity index (χ0n) is 12.5. The molecule has 5 heteroatoms. The van der Waals surface area contributed by atoms with E-state index in [4.69, 9.17) is 10.5 Å². The van der Waals surface area contributed by atoms with Gasteiger partial charge < -0.3 is 10.5 Å². The van der Waals surface area contributed by atoms with E-state index in [9.17, 15) is 0 Å². The summed E-state index contributed by atoms with van der Waals surface area (Å²) in [5.74, 6) is 2.22. The van der Waals surface area contributed by atoms with Crippen LogP contribution in [0.3, 0.4) is 0 Å². The first-order chi connectivity index (χ1) is 9.06. The minimum Gasteiger partial charge on any atom is -0.481 e. The monoisotopic (exact) mass is 266 g/mol. The zero-order chi connectivity index (χ0) is 14.0. The highest BCUT2D eigenvalue weighted by Gasteiger charge is 2.26. The molecule has 0 amide bonds. The van der Waals surface area contributed by atoms with E-state index in [0.717, 1.165) is 43.7 Å². The quantitative estimate of drug-likeness (QED) is 0.888. The van der Waals surface area contributed by atoms with E-state index in [0.29, 0.717) is 5.92 Å². The number of ether oxygens (including phenoxy) is 1. The Morgan fingerprint density at radius 1 is 1.47 bits per heavy atom. The highest BCUT2D eigenvalue weighted by atomic mass is 16.5. The minimum absolute atomic E-state index is 0.608. The summed E-state index contributed by atoms with van der Waals surface area (Å²) in [6.45, 7) is 8.26. The molecule has 0 radical (unpaired) electrons. The van der Waals surface area contributed by atoms with Gasteiger partial charge in [0.1, 0.15) is 0 Å². The molecule has 1 saturated heterocycles. The minimum atomic E-state index is 0.608. The molecule has 2 atom stereocenters. The van der Waals surface area contributed by atoms with Gasteiger partial charge >= 0.3 is 0 Å². The lowest BCUT2D eigenvalue weighted by Crippen LogP contribution is -2.42. The van der Waals surface area contributed by atoms with Crippen LogP contribution in [0.15, 0.2) is 0 Å². The number of aromatic nitrogens is 2. The molecule has 0 saturated carbocycles. The molecular formula is C14H26N4O. The van der Waals surface area contributed by atoms with E-state index >= 15 is 0 Å². The van der Waals surface area contributed by atoms with E-state index < -0.39 is 0 Å². The third-order valence-corrected chi connectivity index (χ3v) is 4.36. The molecule has 0 bridgehead atoms. The number of aryl methyl sites for hydroxylation is 2. The Kier molecular flexibility index (Phi) is 4.47. The van der Waals surface area contributed by atoms with Crippen molar-refractivity contribution in [3.63, 3.8) is 0 Å². The van der Waals surface area contributed by atoms with Crippen LogP contribution in [0.5, 0.6) is 5.88 Å². The molecule has 0 spiro atoms. The first-order valence-corrected chi connectivity index (χ1v) is 7.05. The van der Waals surface area contributed by atoms with Gasteiger partial charge in [0.25, 0.3) is 0 Å². The van der Waals surface area contributed by atoms with Gasteiger partial charge in [-0.15, -0.1) is 0 Å². The largest absolute Gasteiger partial charge is 0.481 e. The fourth-order valence-electron chi connectivity index (χ4n) is 3.02. The summed E-state index contributed by atoms with van der Waals surface area (Å²) in [5.41, 5.74) is 8.13. The topological polar surface area (TPSA) is 56.3 Å². The van der Waals surface area contributed by atoms with Gasteiger partial charge in [0.2, 0.25) is 5.88 Å². The number of nitrogens with zero attached hydrogens (tertiary/aromatic N) is 3. The standard InChI is InChI=1S/C14H26N4O/c1-10-5-6-18(8-12(10)7-15)9-13-11(2)16-17(3)14(13)19-4/h10,12H,5-9,15H2,1-4H3. The number of hydrogen-bond acceptors (Lipinski definition) is 4. The molecule has 1 aromatic heterocycles. The molecule has 2 N–H and O–H groups in total. The average molecular weight is 266 g/mol. The summed E-state index contributed by atoms with van der Waals surface area (Å²) in [6.07, 6.45) is 1.23. The number of piperidine rings is 1. The Morgan fingerprint density at radius 2 is 2.21 bits per heavy atom. The Morgan fingerprint density at radius 3 is 2.84 bits per heavy atom. The van der Waals surface area contributed by atoms with Crippen LogP contribution >= 0.6 is 0 Å². The van der Waals surface area contributed by atoms with Gasteiger partial charge in [0.05, 0.1) is 18.4 Å². The Bertz CT molecular complexity index is 429. The number of likely N-dealkylation sites (tertiary alicyclic amines) is 1. The molecule has 0 aliphatic carbocycles. The third-order valence-electron chi connectivity index (χ3n) is 4.36. The molecule has 19 heavy (non-hydrogen) atoms. The second-order valence-electron chi connectivity index (χ2n) is 5.69. The summed E-state index contributed by atoms with van der Waals surface area (Å²) >= 11 is 0. The lowest BCUT2D eigenvalue weighted by molar-refractivity contribution is 0.125. The molecule has 2 unspecified atom stereocenters. The highest BCUT2D eigenvalue weighted by Crippen LogP contribution is 2.27. The summed E-state index contributed by atoms with van der Waals surface area (Å²) in [6, 6.07) is 0. The maximum atomic E-state index is 5.87. The van der Waals surface area contributed by atoms with Gasteiger partial charge in [-0.25, -0.2) is 4.68 Å². The van der Waals surface area contributed by atoms with Crippen molar-refractivity contribution in [3.05, 3.63) is 11.3 Å². The van der Waals surface area contributed by atoms with Crippen molar-refractivity contribution in [2.24, 2.45) is 24.6 Å². The summed E-state index contributed by atoms with van der Waals surface area (Å²) < 4.78 is 7.28. The van der Waals surface area contributed by atoms with E-state index in [1.54, 1.807) is 7.11 Å². The Hall–Kier alpha value is -1.07. The number of methoxy groups -OCH3 is 1. The van der Waals surface area contributed by atoms with Crippen LogP contribution in [0.25, 0.3) is 0 Å². The molecular weight excluding hydrogens is 240 g/mol. The molecule has 1 aliphatic rings. The lowest BCUT2D eigenvalue weighted by Gasteiger charge is -2.36. The first kappa shape index (κ1) is 14.3. The Labute approximate surface area is 115 Å². The van der Waals surface area contributed by atoms with Crippen molar-refractivity contribution in [2.75, 3.05) is 26.7 Å². The molecule has 1 aromatic rings. The smallest absolute Gasteiger partial charge is 0.216 e. The second-order valence-corrected chi connectivity index (χ2v) is 5.69. The normalized spacial score (nSPS) is 24.7. The van der Waals surface area contributed by atoms with Crippen LogP contribution in [0.4, 0.5) is 0 Å². The van der Waals surface area contributed by atoms with Crippen LogP contribution in [0.1, 0.15) is 24.6 Å². The fourth-order valence-corrected chi connectivity index (χ4v) is 3.02. The fraction of sp³-hybridized carbons (Fsp3) is 0.786. The van der Waals surface area contributed by atoms with Gasteiger partial charge in [0.15, 0.2) is 0 Å². The number of rotatable bonds is 4. The highest BCUT2D eigenvalue weighted by molar-refractivity contribution is 5.30. The second kappa shape index (κ2) is 5.92. The van der Waals surface area contributed by atoms with E-state index in [1.807, 2.05) is 18.7 Å². The molecule has 1 fully saturated rings. The molecule has 108 valence electrons. The first-order valence-electron chi connectivity index (χ1n) is 7.05. The predicted molar refractivity (Wildman–Crippen MR) is 76.1 cm³/mol. The summed E-state index contributed by atoms with van der Waals surface area (Å²) in [5, 5.41) is 4.44. The van der Waals surface area contributed by atoms with Crippen LogP contribution < -0.4 is 10.5 Å². The van der Waals surface area contributed by atoms with Crippen molar-refractivity contribution in [2.45, 2.75) is 26.8 Å². The zero-order valence-corrected chi connectivity index (χ0v) is 12.5. The van der Waals surface area contributed by atoms with Gasteiger partial charge in [-0.3, -0.25) is 4.90 Å². The SMILES string of the molecule is COc1c(CN2CCC(C)C(CN)C2)c(C)nn1C. The van der Waals surface area contributed by atoms with Crippen LogP contribution in [0.2, 0.25) is 0 Å². The van der Waals surface area contributed by atoms with Crippen LogP contribution in [-0.2, 0) is 13.6 Å². The van der Waals surface area contributed by atoms with Crippen molar-refractivity contribution in [1.82, 2.24) is 14.7 Å². The van der Waals surface area contributed by atoms with Gasteiger partial charge in [-0.2, -0.15) is 5.10 Å². The average Bonchev–Trinajstić information content (AvgIpc) is 2.66. The molecule has 2 heterocycles. The maximum absolute atomic E-state index is 5.87. The third kappa shape index (κ3) is 2.92. The maximum Gasteiger partial charge on any atom is 0.216 e.